The zero-order valence-corrected chi connectivity index (χ0v) is 12.6. The molecule has 0 aliphatic heterocycles. The van der Waals surface area contributed by atoms with Crippen LogP contribution in [0.15, 0.2) is 29.4 Å². The van der Waals surface area contributed by atoms with Crippen LogP contribution >= 0.6 is 0 Å². The van der Waals surface area contributed by atoms with Crippen LogP contribution in [-0.2, 0) is 14.8 Å². The van der Waals surface area contributed by atoms with E-state index in [9.17, 15) is 8.42 Å². The number of hydrogen-bond acceptors (Lipinski definition) is 5. The van der Waals surface area contributed by atoms with E-state index >= 15 is 0 Å². The van der Waals surface area contributed by atoms with Crippen LogP contribution in [0.3, 0.4) is 0 Å². The van der Waals surface area contributed by atoms with Crippen LogP contribution in [0.4, 0.5) is 5.69 Å². The van der Waals surface area contributed by atoms with Gasteiger partial charge in [0.1, 0.15) is 0 Å². The Bertz CT molecular complexity index is 567. The van der Waals surface area contributed by atoms with Gasteiger partial charge < -0.3 is 9.94 Å². The van der Waals surface area contributed by atoms with Crippen molar-refractivity contribution in [3.8, 4) is 0 Å². The van der Waals surface area contributed by atoms with Crippen molar-refractivity contribution in [3.05, 3.63) is 29.8 Å². The Kier molecular flexibility index (Phi) is 5.97. The topological polar surface area (TPSA) is 88.0 Å². The molecule has 0 atom stereocenters. The van der Waals surface area contributed by atoms with Crippen LogP contribution < -0.4 is 4.72 Å². The maximum absolute atomic E-state index is 11.9. The minimum atomic E-state index is -3.46. The molecule has 1 aromatic rings. The average molecular weight is 300 g/mol. The summed E-state index contributed by atoms with van der Waals surface area (Å²) in [5.74, 6) is -0.109. The lowest BCUT2D eigenvalue weighted by atomic mass is 10.1. The molecular formula is C13H20N2O4S. The fourth-order valence-electron chi connectivity index (χ4n) is 1.49. The number of oxime groups is 1. The molecule has 0 aromatic heterocycles. The van der Waals surface area contributed by atoms with E-state index in [1.165, 1.54) is 0 Å². The number of rotatable bonds is 7. The molecule has 7 heteroatoms. The monoisotopic (exact) mass is 300 g/mol. The molecule has 0 saturated carbocycles. The molecule has 1 aromatic carbocycles. The molecule has 0 unspecified atom stereocenters. The van der Waals surface area contributed by atoms with Crippen LogP contribution in [0.2, 0.25) is 0 Å². The summed E-state index contributed by atoms with van der Waals surface area (Å²) in [6.45, 7) is 5.47. The van der Waals surface area contributed by atoms with Crippen molar-refractivity contribution in [2.75, 3.05) is 17.1 Å². The Morgan fingerprint density at radius 3 is 2.75 bits per heavy atom. The third kappa shape index (κ3) is 5.58. The highest BCUT2D eigenvalue weighted by Gasteiger charge is 2.11. The standard InChI is InChI=1S/C13H20N2O4S/c1-10(2)19-7-8-20(17,18)15-13-6-4-5-12(9-13)11(3)14-16/h4-6,9-10,15-16H,7-8H2,1-3H3. The lowest BCUT2D eigenvalue weighted by Gasteiger charge is -2.11. The molecule has 6 nitrogen and oxygen atoms in total. The smallest absolute Gasteiger partial charge is 0.235 e. The number of ether oxygens (including phenoxy) is 1. The third-order valence-corrected chi connectivity index (χ3v) is 3.76. The van der Waals surface area contributed by atoms with Gasteiger partial charge in [-0.05, 0) is 32.9 Å². The van der Waals surface area contributed by atoms with Gasteiger partial charge in [0.15, 0.2) is 0 Å². The minimum Gasteiger partial charge on any atom is -0.411 e. The molecule has 0 spiro atoms. The van der Waals surface area contributed by atoms with Gasteiger partial charge in [0.25, 0.3) is 0 Å². The number of anilines is 1. The second-order valence-corrected chi connectivity index (χ2v) is 6.45. The first kappa shape index (κ1) is 16.5. The molecule has 0 amide bonds. The van der Waals surface area contributed by atoms with Crippen molar-refractivity contribution < 1.29 is 18.4 Å². The molecule has 0 aliphatic rings. The molecule has 1 rings (SSSR count). The summed E-state index contributed by atoms with van der Waals surface area (Å²) >= 11 is 0. The summed E-state index contributed by atoms with van der Waals surface area (Å²) in [5, 5.41) is 11.8. The van der Waals surface area contributed by atoms with Crippen LogP contribution in [0.25, 0.3) is 0 Å². The lowest BCUT2D eigenvalue weighted by Crippen LogP contribution is -2.21. The molecular weight excluding hydrogens is 280 g/mol. The van der Waals surface area contributed by atoms with E-state index in [-0.39, 0.29) is 18.5 Å². The van der Waals surface area contributed by atoms with Crippen LogP contribution in [0.5, 0.6) is 0 Å². The molecule has 112 valence electrons. The maximum Gasteiger partial charge on any atom is 0.235 e. The van der Waals surface area contributed by atoms with Crippen molar-refractivity contribution in [1.82, 2.24) is 0 Å². The van der Waals surface area contributed by atoms with Gasteiger partial charge >= 0.3 is 0 Å². The number of nitrogens with zero attached hydrogens (tertiary/aromatic N) is 1. The van der Waals surface area contributed by atoms with Crippen molar-refractivity contribution >= 4 is 21.4 Å². The van der Waals surface area contributed by atoms with Crippen molar-refractivity contribution in [1.29, 1.82) is 0 Å². The molecule has 2 N–H and O–H groups in total. The van der Waals surface area contributed by atoms with E-state index in [2.05, 4.69) is 9.88 Å². The van der Waals surface area contributed by atoms with Crippen molar-refractivity contribution in [2.45, 2.75) is 26.9 Å². The highest BCUT2D eigenvalue weighted by Crippen LogP contribution is 2.13. The number of hydrogen-bond donors (Lipinski definition) is 2. The Labute approximate surface area is 119 Å². The molecule has 0 bridgehead atoms. The fourth-order valence-corrected chi connectivity index (χ4v) is 2.39. The number of benzene rings is 1. The SMILES string of the molecule is CC(=NO)c1cccc(NS(=O)(=O)CCOC(C)C)c1. The second kappa shape index (κ2) is 7.25. The zero-order chi connectivity index (χ0) is 15.2. The van der Waals surface area contributed by atoms with E-state index in [1.54, 1.807) is 31.2 Å². The molecule has 20 heavy (non-hydrogen) atoms. The van der Waals surface area contributed by atoms with Gasteiger partial charge in [0, 0.05) is 11.3 Å². The first-order valence-corrected chi connectivity index (χ1v) is 7.90. The highest BCUT2D eigenvalue weighted by molar-refractivity contribution is 7.92. The Balaban J connectivity index is 2.72. The predicted molar refractivity (Wildman–Crippen MR) is 78.9 cm³/mol. The summed E-state index contributed by atoms with van der Waals surface area (Å²) in [6, 6.07) is 6.66. The van der Waals surface area contributed by atoms with Gasteiger partial charge in [0.05, 0.1) is 24.2 Å². The quantitative estimate of drug-likeness (QED) is 0.458. The van der Waals surface area contributed by atoms with E-state index in [0.29, 0.717) is 17.0 Å². The summed E-state index contributed by atoms with van der Waals surface area (Å²) in [4.78, 5) is 0. The first-order chi connectivity index (χ1) is 9.34. The van der Waals surface area contributed by atoms with Crippen LogP contribution in [0, 0.1) is 0 Å². The number of nitrogens with one attached hydrogen (secondary N) is 1. The highest BCUT2D eigenvalue weighted by atomic mass is 32.2. The third-order valence-electron chi connectivity index (χ3n) is 2.51. The minimum absolute atomic E-state index is 0.00283. The van der Waals surface area contributed by atoms with Crippen LogP contribution in [-0.4, -0.2) is 37.8 Å². The van der Waals surface area contributed by atoms with E-state index in [0.717, 1.165) is 0 Å². The lowest BCUT2D eigenvalue weighted by molar-refractivity contribution is 0.0913. The molecule has 0 fully saturated rings. The van der Waals surface area contributed by atoms with Gasteiger partial charge in [-0.15, -0.1) is 0 Å². The second-order valence-electron chi connectivity index (χ2n) is 4.61. The summed E-state index contributed by atoms with van der Waals surface area (Å²) in [6.07, 6.45) is -0.00283. The molecule has 0 heterocycles. The summed E-state index contributed by atoms with van der Waals surface area (Å²) in [7, 11) is -3.46. The zero-order valence-electron chi connectivity index (χ0n) is 11.8. The van der Waals surface area contributed by atoms with Crippen LogP contribution in [0.1, 0.15) is 26.3 Å². The van der Waals surface area contributed by atoms with Gasteiger partial charge in [0.2, 0.25) is 10.0 Å². The summed E-state index contributed by atoms with van der Waals surface area (Å²) < 4.78 is 31.4. The Morgan fingerprint density at radius 2 is 2.15 bits per heavy atom. The average Bonchev–Trinajstić information content (AvgIpc) is 2.36. The summed E-state index contributed by atoms with van der Waals surface area (Å²) in [5.41, 5.74) is 1.48. The van der Waals surface area contributed by atoms with E-state index in [4.69, 9.17) is 9.94 Å². The van der Waals surface area contributed by atoms with Crippen molar-refractivity contribution in [3.63, 3.8) is 0 Å². The van der Waals surface area contributed by atoms with Gasteiger partial charge in [-0.25, -0.2) is 8.42 Å². The van der Waals surface area contributed by atoms with Crippen molar-refractivity contribution in [2.24, 2.45) is 5.16 Å². The molecule has 0 radical (unpaired) electrons. The van der Waals surface area contributed by atoms with Gasteiger partial charge in [-0.2, -0.15) is 0 Å². The predicted octanol–water partition coefficient (Wildman–Crippen LogP) is 2.05. The normalized spacial score (nSPS) is 12.7. The Morgan fingerprint density at radius 1 is 1.45 bits per heavy atom. The largest absolute Gasteiger partial charge is 0.411 e. The molecule has 0 saturated heterocycles. The van der Waals surface area contributed by atoms with Gasteiger partial charge in [-0.3, -0.25) is 4.72 Å². The maximum atomic E-state index is 11.9. The van der Waals surface area contributed by atoms with E-state index < -0.39 is 10.0 Å². The number of sulfonamides is 1. The van der Waals surface area contributed by atoms with E-state index in [1.807, 2.05) is 13.8 Å². The molecule has 0 aliphatic carbocycles. The van der Waals surface area contributed by atoms with Gasteiger partial charge in [-0.1, -0.05) is 17.3 Å². The fraction of sp³-hybridized carbons (Fsp3) is 0.462. The Hall–Kier alpha value is -1.60. The first-order valence-electron chi connectivity index (χ1n) is 6.25.